The fourth-order valence-electron chi connectivity index (χ4n) is 1.16. The molecule has 0 unspecified atom stereocenters. The molecule has 0 bridgehead atoms. The summed E-state index contributed by atoms with van der Waals surface area (Å²) in [5.74, 6) is -0.891. The average Bonchev–Trinajstić information content (AvgIpc) is 2.70. The molecule has 0 aliphatic rings. The second kappa shape index (κ2) is 7.65. The molecule has 0 aromatic carbocycles. The normalized spacial score (nSPS) is 11.2. The summed E-state index contributed by atoms with van der Waals surface area (Å²) in [6, 6.07) is 3.48. The zero-order valence-corrected chi connectivity index (χ0v) is 9.60. The Labute approximate surface area is 97.2 Å². The number of alkyl halides is 2. The maximum absolute atomic E-state index is 11.9. The van der Waals surface area contributed by atoms with Crippen LogP contribution in [0.15, 0.2) is 16.5 Å². The van der Waals surface area contributed by atoms with Gasteiger partial charge in [0.15, 0.2) is 0 Å². The lowest BCUT2D eigenvalue weighted by Gasteiger charge is -2.00. The Morgan fingerprint density at radius 3 is 2.81 bits per heavy atom. The van der Waals surface area contributed by atoms with Crippen LogP contribution in [0.5, 0.6) is 0 Å². The maximum atomic E-state index is 11.9. The van der Waals surface area contributed by atoms with Crippen molar-refractivity contribution in [3.63, 3.8) is 0 Å². The van der Waals surface area contributed by atoms with E-state index in [1.165, 1.54) is 0 Å². The van der Waals surface area contributed by atoms with E-state index in [1.54, 1.807) is 12.1 Å². The van der Waals surface area contributed by atoms with Gasteiger partial charge in [0.25, 0.3) is 5.76 Å². The Morgan fingerprint density at radius 2 is 2.12 bits per heavy atom. The molecule has 0 spiro atoms. The molecular formula is C10H15F2NO2S. The predicted molar refractivity (Wildman–Crippen MR) is 59.4 cm³/mol. The molecule has 0 amide bonds. The molecule has 6 heteroatoms. The largest absolute Gasteiger partial charge is 0.464 e. The van der Waals surface area contributed by atoms with E-state index in [9.17, 15) is 8.78 Å². The lowest BCUT2D eigenvalue weighted by atomic mass is 10.4. The third kappa shape index (κ3) is 5.48. The van der Waals surface area contributed by atoms with Gasteiger partial charge in [0.05, 0.1) is 12.3 Å². The van der Waals surface area contributed by atoms with Crippen molar-refractivity contribution in [1.29, 1.82) is 0 Å². The van der Waals surface area contributed by atoms with E-state index in [1.807, 2.05) is 0 Å². The van der Waals surface area contributed by atoms with E-state index in [0.717, 1.165) is 5.76 Å². The van der Waals surface area contributed by atoms with Gasteiger partial charge in [0.1, 0.15) is 11.5 Å². The molecule has 1 rings (SSSR count). The van der Waals surface area contributed by atoms with Crippen LogP contribution in [0.3, 0.4) is 0 Å². The highest BCUT2D eigenvalue weighted by Crippen LogP contribution is 2.21. The Morgan fingerprint density at radius 1 is 1.38 bits per heavy atom. The Balaban J connectivity index is 2.22. The summed E-state index contributed by atoms with van der Waals surface area (Å²) in [5.41, 5.74) is 0. The van der Waals surface area contributed by atoms with Crippen LogP contribution in [0.4, 0.5) is 8.78 Å². The first kappa shape index (κ1) is 13.5. The molecule has 2 N–H and O–H groups in total. The molecule has 1 aromatic rings. The van der Waals surface area contributed by atoms with Gasteiger partial charge in [0.2, 0.25) is 0 Å². The third-order valence-corrected chi connectivity index (χ3v) is 2.58. The van der Waals surface area contributed by atoms with E-state index in [0.29, 0.717) is 37.0 Å². The number of halogens is 2. The quantitative estimate of drug-likeness (QED) is 0.695. The fourth-order valence-corrected chi connectivity index (χ4v) is 1.60. The molecule has 0 fully saturated rings. The summed E-state index contributed by atoms with van der Waals surface area (Å²) in [6.45, 7) is 1.42. The summed E-state index contributed by atoms with van der Waals surface area (Å²) >= 11 is 0.549. The molecule has 3 nitrogen and oxygen atoms in total. The fraction of sp³-hybridized carbons (Fsp3) is 0.600. The standard InChI is InChI=1S/C10H15F2NO2S/c11-10(12)16-7-9-3-2-8(15-9)6-13-4-1-5-14/h2-3,10,13-14H,1,4-7H2. The van der Waals surface area contributed by atoms with Crippen molar-refractivity contribution >= 4 is 11.8 Å². The van der Waals surface area contributed by atoms with Gasteiger partial charge in [-0.1, -0.05) is 11.8 Å². The Bertz CT molecular complexity index is 294. The Kier molecular flexibility index (Phi) is 6.44. The number of aliphatic hydroxyl groups is 1. The summed E-state index contributed by atoms with van der Waals surface area (Å²) in [6.07, 6.45) is 0.689. The van der Waals surface area contributed by atoms with Crippen molar-refractivity contribution in [2.75, 3.05) is 13.2 Å². The zero-order valence-electron chi connectivity index (χ0n) is 8.79. The van der Waals surface area contributed by atoms with Crippen LogP contribution in [0.1, 0.15) is 17.9 Å². The molecule has 0 aliphatic heterocycles. The third-order valence-electron chi connectivity index (χ3n) is 1.88. The first-order valence-corrected chi connectivity index (χ1v) is 6.06. The summed E-state index contributed by atoms with van der Waals surface area (Å²) in [5, 5.41) is 11.6. The van der Waals surface area contributed by atoms with Crippen LogP contribution in [0, 0.1) is 0 Å². The molecular weight excluding hydrogens is 236 g/mol. The molecule has 92 valence electrons. The zero-order chi connectivity index (χ0) is 11.8. The van der Waals surface area contributed by atoms with Crippen molar-refractivity contribution in [3.8, 4) is 0 Å². The number of rotatable bonds is 8. The van der Waals surface area contributed by atoms with Crippen LogP contribution in [-0.2, 0) is 12.3 Å². The number of thioether (sulfide) groups is 1. The molecule has 16 heavy (non-hydrogen) atoms. The molecule has 0 saturated carbocycles. The summed E-state index contributed by atoms with van der Waals surface area (Å²) < 4.78 is 29.1. The van der Waals surface area contributed by atoms with Crippen LogP contribution in [0.25, 0.3) is 0 Å². The van der Waals surface area contributed by atoms with Crippen LogP contribution < -0.4 is 5.32 Å². The SMILES string of the molecule is OCCCNCc1ccc(CSC(F)F)o1. The van der Waals surface area contributed by atoms with E-state index in [4.69, 9.17) is 9.52 Å². The van der Waals surface area contributed by atoms with Gasteiger partial charge in [0, 0.05) is 6.61 Å². The predicted octanol–water partition coefficient (Wildman–Crippen LogP) is 2.21. The van der Waals surface area contributed by atoms with Gasteiger partial charge in [-0.25, -0.2) is 0 Å². The van der Waals surface area contributed by atoms with E-state index in [2.05, 4.69) is 5.32 Å². The second-order valence-electron chi connectivity index (χ2n) is 3.19. The molecule has 0 atom stereocenters. The molecule has 0 aliphatic carbocycles. The second-order valence-corrected chi connectivity index (χ2v) is 4.17. The van der Waals surface area contributed by atoms with Crippen LogP contribution in [-0.4, -0.2) is 24.0 Å². The van der Waals surface area contributed by atoms with Crippen LogP contribution >= 0.6 is 11.8 Å². The lowest BCUT2D eigenvalue weighted by molar-refractivity contribution is 0.251. The van der Waals surface area contributed by atoms with Crippen LogP contribution in [0.2, 0.25) is 0 Å². The van der Waals surface area contributed by atoms with Gasteiger partial charge in [-0.15, -0.1) is 0 Å². The van der Waals surface area contributed by atoms with E-state index >= 15 is 0 Å². The maximum Gasteiger partial charge on any atom is 0.284 e. The van der Waals surface area contributed by atoms with Crippen molar-refractivity contribution in [2.45, 2.75) is 24.5 Å². The minimum atomic E-state index is -2.36. The lowest BCUT2D eigenvalue weighted by Crippen LogP contribution is -2.15. The highest BCUT2D eigenvalue weighted by molar-refractivity contribution is 7.98. The first-order chi connectivity index (χ1) is 7.72. The number of aliphatic hydroxyl groups excluding tert-OH is 1. The summed E-state index contributed by atoms with van der Waals surface area (Å²) in [7, 11) is 0. The van der Waals surface area contributed by atoms with Gasteiger partial charge < -0.3 is 14.8 Å². The van der Waals surface area contributed by atoms with Gasteiger partial charge in [-0.2, -0.15) is 8.78 Å². The molecule has 0 saturated heterocycles. The summed E-state index contributed by atoms with van der Waals surface area (Å²) in [4.78, 5) is 0. The number of furan rings is 1. The van der Waals surface area contributed by atoms with Gasteiger partial charge in [-0.05, 0) is 25.1 Å². The van der Waals surface area contributed by atoms with E-state index < -0.39 is 5.76 Å². The number of hydrogen-bond acceptors (Lipinski definition) is 4. The number of hydrogen-bond donors (Lipinski definition) is 2. The van der Waals surface area contributed by atoms with Gasteiger partial charge in [-0.3, -0.25) is 0 Å². The first-order valence-electron chi connectivity index (χ1n) is 5.01. The minimum absolute atomic E-state index is 0.154. The minimum Gasteiger partial charge on any atom is -0.464 e. The Hall–Kier alpha value is -0.590. The topological polar surface area (TPSA) is 45.4 Å². The molecule has 1 aromatic heterocycles. The van der Waals surface area contributed by atoms with Crippen molar-refractivity contribution < 1.29 is 18.3 Å². The van der Waals surface area contributed by atoms with E-state index in [-0.39, 0.29) is 12.4 Å². The molecule has 1 heterocycles. The number of nitrogens with one attached hydrogen (secondary N) is 1. The van der Waals surface area contributed by atoms with Gasteiger partial charge >= 0.3 is 0 Å². The highest BCUT2D eigenvalue weighted by atomic mass is 32.2. The average molecular weight is 251 g/mol. The highest BCUT2D eigenvalue weighted by Gasteiger charge is 2.06. The van der Waals surface area contributed by atoms with Crippen molar-refractivity contribution in [2.24, 2.45) is 0 Å². The smallest absolute Gasteiger partial charge is 0.284 e. The molecule has 0 radical (unpaired) electrons. The van der Waals surface area contributed by atoms with Crippen molar-refractivity contribution in [1.82, 2.24) is 5.32 Å². The van der Waals surface area contributed by atoms with Crippen molar-refractivity contribution in [3.05, 3.63) is 23.7 Å². The monoisotopic (exact) mass is 251 g/mol.